The normalized spacial score (nSPS) is 19.6. The first-order valence-electron chi connectivity index (χ1n) is 14.4. The predicted octanol–water partition coefficient (Wildman–Crippen LogP) is 4.18. The first kappa shape index (κ1) is 34.4. The minimum atomic E-state index is -3.62. The lowest BCUT2D eigenvalue weighted by Gasteiger charge is -2.37. The molecule has 11 heteroatoms. The van der Waals surface area contributed by atoms with E-state index in [2.05, 4.69) is 39.6 Å². The topological polar surface area (TPSA) is 136 Å². The molecule has 0 bridgehead atoms. The average Bonchev–Trinajstić information content (AvgIpc) is 3.31. The summed E-state index contributed by atoms with van der Waals surface area (Å²) in [5, 5.41) is 15.6. The molecule has 2 saturated heterocycles. The Balaban J connectivity index is 0.000000642. The summed E-state index contributed by atoms with van der Waals surface area (Å²) >= 11 is 0. The van der Waals surface area contributed by atoms with Gasteiger partial charge in [-0.1, -0.05) is 33.8 Å². The van der Waals surface area contributed by atoms with Crippen molar-refractivity contribution in [1.29, 1.82) is 0 Å². The van der Waals surface area contributed by atoms with E-state index in [4.69, 9.17) is 10.2 Å². The van der Waals surface area contributed by atoms with Crippen LogP contribution >= 0.6 is 0 Å². The van der Waals surface area contributed by atoms with Gasteiger partial charge < -0.3 is 20.0 Å². The maximum absolute atomic E-state index is 13.5. The van der Waals surface area contributed by atoms with E-state index < -0.39 is 22.0 Å². The molecule has 1 atom stereocenters. The molecule has 2 aliphatic rings. The van der Waals surface area contributed by atoms with Crippen LogP contribution in [0.3, 0.4) is 0 Å². The fourth-order valence-electron chi connectivity index (χ4n) is 5.22. The van der Waals surface area contributed by atoms with Crippen LogP contribution in [0.1, 0.15) is 76.6 Å². The molecule has 0 radical (unpaired) electrons. The summed E-state index contributed by atoms with van der Waals surface area (Å²) in [4.78, 5) is 37.2. The summed E-state index contributed by atoms with van der Waals surface area (Å²) in [5.74, 6) is -2.07. The van der Waals surface area contributed by atoms with Crippen molar-refractivity contribution in [1.82, 2.24) is 14.1 Å². The van der Waals surface area contributed by atoms with Crippen molar-refractivity contribution in [2.24, 2.45) is 11.3 Å². The second-order valence-electron chi connectivity index (χ2n) is 12.2. The number of carbonyl (C=O) groups is 3. The molecule has 1 aromatic carbocycles. The van der Waals surface area contributed by atoms with E-state index >= 15 is 0 Å². The van der Waals surface area contributed by atoms with Crippen LogP contribution in [0.15, 0.2) is 41.3 Å². The van der Waals surface area contributed by atoms with Crippen molar-refractivity contribution < 1.29 is 33.0 Å². The molecular formula is C30H47N3O7S. The Hall–Kier alpha value is -2.76. The van der Waals surface area contributed by atoms with E-state index in [-0.39, 0.29) is 16.2 Å². The Morgan fingerprint density at radius 3 is 2.27 bits per heavy atom. The number of hydrogen-bond donors (Lipinski definition) is 2. The van der Waals surface area contributed by atoms with E-state index in [1.54, 1.807) is 28.6 Å². The van der Waals surface area contributed by atoms with Gasteiger partial charge in [-0.3, -0.25) is 4.79 Å². The molecule has 0 aromatic heterocycles. The van der Waals surface area contributed by atoms with Crippen LogP contribution in [0.25, 0.3) is 0 Å². The molecule has 2 aliphatic heterocycles. The largest absolute Gasteiger partial charge is 0.478 e. The third-order valence-electron chi connectivity index (χ3n) is 7.62. The second kappa shape index (κ2) is 15.5. The molecule has 0 aliphatic carbocycles. The number of piperidine rings is 1. The standard InChI is InChI=1S/C26H43N3O3S.C4H4O4/c1-21(2)12-17-28(18-13-23-10-7-15-27(23)5)25(30)22-9-6-11-24(19-22)33(31,32)29-16-8-14-26(3,4)20-29;5-3(6)1-2-4(7)8/h6,9,11,19,21,23H,7-8,10,12-18,20H2,1-5H3;1-2H,(H,5,6)(H,7,8). The van der Waals surface area contributed by atoms with Crippen LogP contribution in [0, 0.1) is 11.3 Å². The number of likely N-dealkylation sites (tertiary alicyclic amines) is 1. The van der Waals surface area contributed by atoms with Crippen LogP contribution in [-0.4, -0.2) is 96.4 Å². The summed E-state index contributed by atoms with van der Waals surface area (Å²) in [6, 6.07) is 7.20. The smallest absolute Gasteiger partial charge is 0.328 e. The summed E-state index contributed by atoms with van der Waals surface area (Å²) in [6.45, 7) is 12.1. The molecule has 1 amide bonds. The number of hydrogen-bond acceptors (Lipinski definition) is 6. The van der Waals surface area contributed by atoms with Gasteiger partial charge >= 0.3 is 11.9 Å². The van der Waals surface area contributed by atoms with Gasteiger partial charge in [-0.25, -0.2) is 18.0 Å². The van der Waals surface area contributed by atoms with Crippen molar-refractivity contribution in [3.63, 3.8) is 0 Å². The summed E-state index contributed by atoms with van der Waals surface area (Å²) in [6.07, 6.45) is 7.30. The first-order chi connectivity index (χ1) is 19.1. The van der Waals surface area contributed by atoms with Crippen molar-refractivity contribution in [2.45, 2.75) is 77.2 Å². The number of amides is 1. The molecule has 10 nitrogen and oxygen atoms in total. The molecule has 1 aromatic rings. The Kier molecular flexibility index (Phi) is 13.0. The number of carboxylic acids is 2. The van der Waals surface area contributed by atoms with Gasteiger partial charge in [0.15, 0.2) is 0 Å². The van der Waals surface area contributed by atoms with Gasteiger partial charge in [-0.15, -0.1) is 0 Å². The van der Waals surface area contributed by atoms with Crippen LogP contribution in [0.4, 0.5) is 0 Å². The van der Waals surface area contributed by atoms with Gasteiger partial charge in [0, 0.05) is 49.9 Å². The van der Waals surface area contributed by atoms with Gasteiger partial charge in [0.05, 0.1) is 4.90 Å². The lowest BCUT2D eigenvalue weighted by atomic mass is 9.85. The molecule has 0 saturated carbocycles. The number of benzene rings is 1. The van der Waals surface area contributed by atoms with Crippen LogP contribution < -0.4 is 0 Å². The highest BCUT2D eigenvalue weighted by Crippen LogP contribution is 2.32. The fraction of sp³-hybridized carbons (Fsp3) is 0.633. The van der Waals surface area contributed by atoms with Gasteiger partial charge in [-0.2, -0.15) is 4.31 Å². The molecule has 3 rings (SSSR count). The molecule has 230 valence electrons. The highest BCUT2D eigenvalue weighted by atomic mass is 32.2. The minimum Gasteiger partial charge on any atom is -0.478 e. The Morgan fingerprint density at radius 2 is 1.73 bits per heavy atom. The van der Waals surface area contributed by atoms with Crippen molar-refractivity contribution in [3.8, 4) is 0 Å². The van der Waals surface area contributed by atoms with Crippen molar-refractivity contribution in [2.75, 3.05) is 39.8 Å². The van der Waals surface area contributed by atoms with Crippen LogP contribution in [-0.2, 0) is 19.6 Å². The summed E-state index contributed by atoms with van der Waals surface area (Å²) in [5.41, 5.74) is 0.440. The molecule has 2 heterocycles. The quantitative estimate of drug-likeness (QED) is 0.365. The number of sulfonamides is 1. The highest BCUT2D eigenvalue weighted by molar-refractivity contribution is 7.89. The fourth-order valence-corrected chi connectivity index (χ4v) is 6.93. The van der Waals surface area contributed by atoms with Gasteiger partial charge in [0.25, 0.3) is 5.91 Å². The molecule has 2 fully saturated rings. The monoisotopic (exact) mass is 593 g/mol. The maximum Gasteiger partial charge on any atom is 0.328 e. The third-order valence-corrected chi connectivity index (χ3v) is 9.46. The lowest BCUT2D eigenvalue weighted by molar-refractivity contribution is -0.134. The predicted molar refractivity (Wildman–Crippen MR) is 158 cm³/mol. The van der Waals surface area contributed by atoms with E-state index in [0.717, 1.165) is 32.2 Å². The van der Waals surface area contributed by atoms with E-state index in [9.17, 15) is 22.8 Å². The number of aliphatic carboxylic acids is 2. The zero-order valence-corrected chi connectivity index (χ0v) is 25.9. The molecule has 1 unspecified atom stereocenters. The molecular weight excluding hydrogens is 546 g/mol. The molecule has 41 heavy (non-hydrogen) atoms. The molecule has 0 spiro atoms. The lowest BCUT2D eigenvalue weighted by Crippen LogP contribution is -2.43. The number of rotatable bonds is 11. The Labute approximate surface area is 245 Å². The van der Waals surface area contributed by atoms with Crippen LogP contribution in [0.2, 0.25) is 0 Å². The second-order valence-corrected chi connectivity index (χ2v) is 14.1. The first-order valence-corrected chi connectivity index (χ1v) is 15.8. The minimum absolute atomic E-state index is 0.0280. The Bertz CT molecular complexity index is 1160. The number of nitrogens with zero attached hydrogens (tertiary/aromatic N) is 3. The SMILES string of the molecule is CC(C)CCN(CCC1CCCN1C)C(=O)c1cccc(S(=O)(=O)N2CCCC(C)(C)C2)c1.O=C(O)C=CC(=O)O. The van der Waals surface area contributed by atoms with E-state index in [1.165, 1.54) is 12.8 Å². The zero-order chi connectivity index (χ0) is 30.8. The van der Waals surface area contributed by atoms with Crippen molar-refractivity contribution >= 4 is 27.9 Å². The van der Waals surface area contributed by atoms with Crippen LogP contribution in [0.5, 0.6) is 0 Å². The molecule has 2 N–H and O–H groups in total. The van der Waals surface area contributed by atoms with Gasteiger partial charge in [0.1, 0.15) is 0 Å². The maximum atomic E-state index is 13.5. The van der Waals surface area contributed by atoms with Crippen molar-refractivity contribution in [3.05, 3.63) is 42.0 Å². The zero-order valence-electron chi connectivity index (χ0n) is 25.1. The average molecular weight is 594 g/mol. The number of carboxylic acid groups (broad SMARTS) is 2. The summed E-state index contributed by atoms with van der Waals surface area (Å²) in [7, 11) is -1.46. The van der Waals surface area contributed by atoms with E-state index in [1.807, 2.05) is 4.90 Å². The van der Waals surface area contributed by atoms with Gasteiger partial charge in [0.2, 0.25) is 10.0 Å². The van der Waals surface area contributed by atoms with Gasteiger partial charge in [-0.05, 0) is 81.6 Å². The third kappa shape index (κ3) is 11.2. The Morgan fingerprint density at radius 1 is 1.07 bits per heavy atom. The summed E-state index contributed by atoms with van der Waals surface area (Å²) < 4.78 is 28.3. The van der Waals surface area contributed by atoms with E-state index in [0.29, 0.717) is 55.9 Å². The number of carbonyl (C=O) groups excluding carboxylic acids is 1. The highest BCUT2D eigenvalue weighted by Gasteiger charge is 2.34.